The Bertz CT molecular complexity index is 506. The van der Waals surface area contributed by atoms with Crippen molar-refractivity contribution in [3.8, 4) is 6.07 Å². The van der Waals surface area contributed by atoms with Gasteiger partial charge in [0.2, 0.25) is 0 Å². The van der Waals surface area contributed by atoms with Crippen LogP contribution in [0.15, 0.2) is 24.3 Å². The fraction of sp³-hybridized carbons (Fsp3) is 0.308. The molecule has 1 aliphatic heterocycles. The minimum Gasteiger partial charge on any atom is -0.273 e. The Morgan fingerprint density at radius 2 is 1.65 bits per heavy atom. The Kier molecular flexibility index (Phi) is 2.47. The summed E-state index contributed by atoms with van der Waals surface area (Å²) in [5.74, 6) is -0.622. The Balaban J connectivity index is 2.35. The average Bonchev–Trinajstić information content (AvgIpc) is 2.55. The molecule has 0 spiro atoms. The molecule has 1 aliphatic rings. The molecule has 2 amide bonds. The molecular weight excluding hydrogens is 216 g/mol. The molecule has 0 fully saturated rings. The van der Waals surface area contributed by atoms with Crippen LogP contribution in [0.1, 0.15) is 34.6 Å². The first-order valence-corrected chi connectivity index (χ1v) is 5.33. The predicted octanol–water partition coefficient (Wildman–Crippen LogP) is 1.83. The zero-order valence-corrected chi connectivity index (χ0v) is 9.73. The molecule has 1 aromatic carbocycles. The van der Waals surface area contributed by atoms with Crippen molar-refractivity contribution in [2.24, 2.45) is 5.41 Å². The lowest BCUT2D eigenvalue weighted by Crippen LogP contribution is -2.37. The zero-order chi connectivity index (χ0) is 12.6. The smallest absolute Gasteiger partial charge is 0.261 e. The number of nitrogens with zero attached hydrogens (tertiary/aromatic N) is 2. The maximum atomic E-state index is 12.0. The lowest BCUT2D eigenvalue weighted by Gasteiger charge is -2.22. The van der Waals surface area contributed by atoms with Crippen LogP contribution < -0.4 is 0 Å². The van der Waals surface area contributed by atoms with Gasteiger partial charge < -0.3 is 0 Å². The zero-order valence-electron chi connectivity index (χ0n) is 9.73. The molecular formula is C13H12N2O2. The maximum absolute atomic E-state index is 12.0. The molecule has 17 heavy (non-hydrogen) atoms. The number of carbonyl (C=O) groups excluding carboxylic acids is 2. The molecule has 0 radical (unpaired) electrons. The average molecular weight is 228 g/mol. The number of fused-ring (bicyclic) bond motifs is 1. The van der Waals surface area contributed by atoms with Crippen molar-refractivity contribution < 1.29 is 9.59 Å². The second-order valence-electron chi connectivity index (χ2n) is 4.74. The molecule has 0 saturated carbocycles. The number of imide groups is 1. The van der Waals surface area contributed by atoms with Crippen molar-refractivity contribution in [2.75, 3.05) is 6.54 Å². The third-order valence-electron chi connectivity index (χ3n) is 2.73. The molecule has 0 unspecified atom stereocenters. The minimum absolute atomic E-state index is 0.121. The van der Waals surface area contributed by atoms with Crippen LogP contribution in [0.4, 0.5) is 0 Å². The molecule has 1 heterocycles. The van der Waals surface area contributed by atoms with E-state index in [1.165, 1.54) is 0 Å². The van der Waals surface area contributed by atoms with E-state index < -0.39 is 5.41 Å². The molecule has 4 heteroatoms. The molecule has 1 aromatic rings. The minimum atomic E-state index is -0.729. The van der Waals surface area contributed by atoms with E-state index in [1.54, 1.807) is 38.1 Å². The summed E-state index contributed by atoms with van der Waals surface area (Å²) in [6.45, 7) is 3.53. The summed E-state index contributed by atoms with van der Waals surface area (Å²) in [7, 11) is 0. The van der Waals surface area contributed by atoms with Crippen molar-refractivity contribution in [2.45, 2.75) is 13.8 Å². The molecule has 0 N–H and O–H groups in total. The quantitative estimate of drug-likeness (QED) is 0.725. The largest absolute Gasteiger partial charge is 0.273 e. The second kappa shape index (κ2) is 3.70. The number of rotatable bonds is 2. The van der Waals surface area contributed by atoms with Crippen LogP contribution >= 0.6 is 0 Å². The van der Waals surface area contributed by atoms with Crippen LogP contribution in [0.25, 0.3) is 0 Å². The number of nitriles is 1. The van der Waals surface area contributed by atoms with Gasteiger partial charge in [0, 0.05) is 6.54 Å². The summed E-state index contributed by atoms with van der Waals surface area (Å²) < 4.78 is 0. The van der Waals surface area contributed by atoms with Crippen LogP contribution in [0.3, 0.4) is 0 Å². The van der Waals surface area contributed by atoms with Gasteiger partial charge in [0.1, 0.15) is 0 Å². The highest BCUT2D eigenvalue weighted by Gasteiger charge is 2.38. The molecule has 4 nitrogen and oxygen atoms in total. The molecule has 0 aromatic heterocycles. The van der Waals surface area contributed by atoms with Crippen molar-refractivity contribution in [1.82, 2.24) is 4.90 Å². The summed E-state index contributed by atoms with van der Waals surface area (Å²) in [6.07, 6.45) is 0. The van der Waals surface area contributed by atoms with E-state index in [1.807, 2.05) is 0 Å². The van der Waals surface area contributed by atoms with Crippen molar-refractivity contribution >= 4 is 11.8 Å². The van der Waals surface area contributed by atoms with Gasteiger partial charge in [-0.1, -0.05) is 12.1 Å². The first-order valence-electron chi connectivity index (χ1n) is 5.33. The van der Waals surface area contributed by atoms with Gasteiger partial charge in [-0.05, 0) is 26.0 Å². The van der Waals surface area contributed by atoms with Crippen LogP contribution in [-0.2, 0) is 0 Å². The van der Waals surface area contributed by atoms with Crippen molar-refractivity contribution in [1.29, 1.82) is 5.26 Å². The molecule has 0 bridgehead atoms. The van der Waals surface area contributed by atoms with E-state index in [0.717, 1.165) is 4.90 Å². The second-order valence-corrected chi connectivity index (χ2v) is 4.74. The highest BCUT2D eigenvalue weighted by molar-refractivity contribution is 6.21. The fourth-order valence-corrected chi connectivity index (χ4v) is 1.81. The van der Waals surface area contributed by atoms with Crippen molar-refractivity contribution in [3.63, 3.8) is 0 Å². The lowest BCUT2D eigenvalue weighted by atomic mass is 9.95. The third kappa shape index (κ3) is 1.80. The Morgan fingerprint density at radius 1 is 1.18 bits per heavy atom. The lowest BCUT2D eigenvalue weighted by molar-refractivity contribution is 0.0616. The number of hydrogen-bond acceptors (Lipinski definition) is 3. The highest BCUT2D eigenvalue weighted by atomic mass is 16.2. The monoisotopic (exact) mass is 228 g/mol. The van der Waals surface area contributed by atoms with Gasteiger partial charge in [-0.2, -0.15) is 5.26 Å². The molecule has 2 rings (SSSR count). The van der Waals surface area contributed by atoms with Crippen LogP contribution in [-0.4, -0.2) is 23.3 Å². The van der Waals surface area contributed by atoms with E-state index in [-0.39, 0.29) is 18.4 Å². The maximum Gasteiger partial charge on any atom is 0.261 e. The summed E-state index contributed by atoms with van der Waals surface area (Å²) in [5.41, 5.74) is 0.116. The van der Waals surface area contributed by atoms with E-state index in [0.29, 0.717) is 11.1 Å². The van der Waals surface area contributed by atoms with E-state index in [4.69, 9.17) is 5.26 Å². The summed E-state index contributed by atoms with van der Waals surface area (Å²) >= 11 is 0. The predicted molar refractivity (Wildman–Crippen MR) is 61.2 cm³/mol. The third-order valence-corrected chi connectivity index (χ3v) is 2.73. The van der Waals surface area contributed by atoms with Crippen LogP contribution in [0.5, 0.6) is 0 Å². The van der Waals surface area contributed by atoms with Gasteiger partial charge in [0.05, 0.1) is 22.6 Å². The molecule has 86 valence electrons. The summed E-state index contributed by atoms with van der Waals surface area (Å²) in [4.78, 5) is 25.1. The number of hydrogen-bond donors (Lipinski definition) is 0. The summed E-state index contributed by atoms with van der Waals surface area (Å²) in [6, 6.07) is 8.81. The molecule has 0 atom stereocenters. The van der Waals surface area contributed by atoms with Crippen LogP contribution in [0.2, 0.25) is 0 Å². The highest BCUT2D eigenvalue weighted by Crippen LogP contribution is 2.26. The van der Waals surface area contributed by atoms with Crippen molar-refractivity contribution in [3.05, 3.63) is 35.4 Å². The summed E-state index contributed by atoms with van der Waals surface area (Å²) in [5, 5.41) is 8.94. The number of carbonyl (C=O) groups is 2. The standard InChI is InChI=1S/C13H12N2O2/c1-13(2,7-14)8-15-11(16)9-5-3-4-6-10(9)12(15)17/h3-6H,8H2,1-2H3. The van der Waals surface area contributed by atoms with E-state index in [2.05, 4.69) is 6.07 Å². The van der Waals surface area contributed by atoms with Gasteiger partial charge >= 0.3 is 0 Å². The number of amides is 2. The van der Waals surface area contributed by atoms with Crippen LogP contribution in [0, 0.1) is 16.7 Å². The van der Waals surface area contributed by atoms with Gasteiger partial charge in [-0.25, -0.2) is 0 Å². The molecule has 0 aliphatic carbocycles. The first kappa shape index (κ1) is 11.3. The Labute approximate surface area is 99.5 Å². The SMILES string of the molecule is CC(C)(C#N)CN1C(=O)c2ccccc2C1=O. The van der Waals surface area contributed by atoms with E-state index in [9.17, 15) is 9.59 Å². The van der Waals surface area contributed by atoms with Gasteiger partial charge in [-0.3, -0.25) is 14.5 Å². The van der Waals surface area contributed by atoms with Gasteiger partial charge in [0.25, 0.3) is 11.8 Å². The number of benzene rings is 1. The first-order chi connectivity index (χ1) is 7.96. The Hall–Kier alpha value is -2.15. The Morgan fingerprint density at radius 3 is 2.06 bits per heavy atom. The molecule has 0 saturated heterocycles. The topological polar surface area (TPSA) is 61.2 Å². The van der Waals surface area contributed by atoms with E-state index >= 15 is 0 Å². The van der Waals surface area contributed by atoms with Gasteiger partial charge in [0.15, 0.2) is 0 Å². The fourth-order valence-electron chi connectivity index (χ4n) is 1.81. The van der Waals surface area contributed by atoms with Gasteiger partial charge in [-0.15, -0.1) is 0 Å². The normalized spacial score (nSPS) is 14.8.